The lowest BCUT2D eigenvalue weighted by Crippen LogP contribution is -2.21. The first-order valence-electron chi connectivity index (χ1n) is 9.63. The SMILES string of the molecule is C/C(=N\NC(=O)CSc1nnc(SCc2cccc3ccccc23)s1)c1ccccc1. The summed E-state index contributed by atoms with van der Waals surface area (Å²) in [6.07, 6.45) is 0. The standard InChI is InChI=1S/C23H20N4OS3/c1-16(17-8-3-2-4-9-17)24-25-21(28)15-30-23-27-26-22(31-23)29-14-19-12-7-11-18-10-5-6-13-20(18)19/h2-13H,14-15H2,1H3,(H,25,28)/b24-16+. The van der Waals surface area contributed by atoms with E-state index >= 15 is 0 Å². The minimum atomic E-state index is -0.166. The molecule has 156 valence electrons. The highest BCUT2D eigenvalue weighted by atomic mass is 32.2. The number of carbonyl (C=O) groups excluding carboxylic acids is 1. The Hall–Kier alpha value is -2.68. The molecule has 31 heavy (non-hydrogen) atoms. The quantitative estimate of drug-likeness (QED) is 0.208. The summed E-state index contributed by atoms with van der Waals surface area (Å²) in [5.74, 6) is 0.906. The van der Waals surface area contributed by atoms with Crippen LogP contribution in [0.25, 0.3) is 10.8 Å². The molecule has 0 spiro atoms. The van der Waals surface area contributed by atoms with E-state index in [1.54, 1.807) is 11.8 Å². The number of benzene rings is 3. The monoisotopic (exact) mass is 464 g/mol. The van der Waals surface area contributed by atoms with E-state index in [0.717, 1.165) is 25.7 Å². The fourth-order valence-corrected chi connectivity index (χ4v) is 5.74. The third-order valence-corrected chi connectivity index (χ3v) is 7.72. The second kappa shape index (κ2) is 10.6. The zero-order valence-electron chi connectivity index (χ0n) is 16.8. The number of hydrogen-bond donors (Lipinski definition) is 1. The summed E-state index contributed by atoms with van der Waals surface area (Å²) in [6.45, 7) is 1.87. The molecule has 0 aliphatic carbocycles. The highest BCUT2D eigenvalue weighted by Crippen LogP contribution is 2.32. The lowest BCUT2D eigenvalue weighted by Gasteiger charge is -2.04. The first-order valence-corrected chi connectivity index (χ1v) is 12.4. The van der Waals surface area contributed by atoms with Gasteiger partial charge in [0.1, 0.15) is 0 Å². The van der Waals surface area contributed by atoms with Crippen molar-refractivity contribution in [3.63, 3.8) is 0 Å². The maximum atomic E-state index is 12.1. The number of hydrogen-bond acceptors (Lipinski definition) is 7. The highest BCUT2D eigenvalue weighted by molar-refractivity contribution is 8.03. The normalized spacial score (nSPS) is 11.6. The molecule has 0 aliphatic heterocycles. The number of nitrogens with one attached hydrogen (secondary N) is 1. The Bertz CT molecular complexity index is 1200. The molecule has 0 saturated carbocycles. The molecule has 8 heteroatoms. The Morgan fingerprint density at radius 1 is 0.935 bits per heavy atom. The van der Waals surface area contributed by atoms with Gasteiger partial charge in [-0.15, -0.1) is 10.2 Å². The number of fused-ring (bicyclic) bond motifs is 1. The fraction of sp³-hybridized carbons (Fsp3) is 0.130. The molecule has 0 atom stereocenters. The first kappa shape index (κ1) is 21.5. The van der Waals surface area contributed by atoms with E-state index in [4.69, 9.17) is 0 Å². The van der Waals surface area contributed by atoms with E-state index in [1.807, 2.05) is 37.3 Å². The van der Waals surface area contributed by atoms with Crippen LogP contribution in [0.1, 0.15) is 18.1 Å². The Morgan fingerprint density at radius 3 is 2.48 bits per heavy atom. The van der Waals surface area contributed by atoms with Gasteiger partial charge in [0.05, 0.1) is 11.5 Å². The van der Waals surface area contributed by atoms with Crippen LogP contribution < -0.4 is 5.43 Å². The summed E-state index contributed by atoms with van der Waals surface area (Å²) >= 11 is 4.54. The average Bonchev–Trinajstić information content (AvgIpc) is 3.28. The van der Waals surface area contributed by atoms with Crippen molar-refractivity contribution in [2.75, 3.05) is 5.75 Å². The summed E-state index contributed by atoms with van der Waals surface area (Å²) in [4.78, 5) is 12.1. The molecular formula is C23H20N4OS3. The predicted molar refractivity (Wildman–Crippen MR) is 131 cm³/mol. The second-order valence-electron chi connectivity index (χ2n) is 6.65. The van der Waals surface area contributed by atoms with E-state index < -0.39 is 0 Å². The van der Waals surface area contributed by atoms with Crippen LogP contribution in [0.4, 0.5) is 0 Å². The summed E-state index contributed by atoms with van der Waals surface area (Å²) in [7, 11) is 0. The molecule has 0 saturated heterocycles. The van der Waals surface area contributed by atoms with Crippen molar-refractivity contribution in [1.29, 1.82) is 0 Å². The van der Waals surface area contributed by atoms with Gasteiger partial charge in [0.2, 0.25) is 0 Å². The molecule has 4 rings (SSSR count). The van der Waals surface area contributed by atoms with Crippen LogP contribution in [-0.2, 0) is 10.5 Å². The number of thioether (sulfide) groups is 2. The molecule has 0 bridgehead atoms. The van der Waals surface area contributed by atoms with E-state index in [-0.39, 0.29) is 11.7 Å². The molecule has 0 radical (unpaired) electrons. The first-order chi connectivity index (χ1) is 15.2. The number of carbonyl (C=O) groups is 1. The van der Waals surface area contributed by atoms with Gasteiger partial charge in [-0.05, 0) is 28.8 Å². The van der Waals surface area contributed by atoms with E-state index in [9.17, 15) is 4.79 Å². The van der Waals surface area contributed by atoms with Crippen molar-refractivity contribution in [2.45, 2.75) is 21.4 Å². The second-order valence-corrected chi connectivity index (χ2v) is 10.1. The lowest BCUT2D eigenvalue weighted by atomic mass is 10.1. The van der Waals surface area contributed by atoms with Gasteiger partial charge in [-0.3, -0.25) is 4.79 Å². The van der Waals surface area contributed by atoms with Crippen molar-refractivity contribution >= 4 is 57.3 Å². The molecule has 5 nitrogen and oxygen atoms in total. The Labute approximate surface area is 193 Å². The molecule has 1 amide bonds. The van der Waals surface area contributed by atoms with Gasteiger partial charge in [0.25, 0.3) is 5.91 Å². The van der Waals surface area contributed by atoms with Crippen LogP contribution in [0.2, 0.25) is 0 Å². The van der Waals surface area contributed by atoms with Gasteiger partial charge >= 0.3 is 0 Å². The molecule has 4 aromatic rings. The third kappa shape index (κ3) is 5.94. The van der Waals surface area contributed by atoms with Crippen molar-refractivity contribution in [2.24, 2.45) is 5.10 Å². The van der Waals surface area contributed by atoms with Crippen LogP contribution >= 0.6 is 34.9 Å². The zero-order chi connectivity index (χ0) is 21.5. The van der Waals surface area contributed by atoms with Crippen molar-refractivity contribution < 1.29 is 4.79 Å². The predicted octanol–water partition coefficient (Wildman–Crippen LogP) is 5.62. The van der Waals surface area contributed by atoms with Gasteiger partial charge < -0.3 is 0 Å². The third-order valence-electron chi connectivity index (χ3n) is 4.49. The highest BCUT2D eigenvalue weighted by Gasteiger charge is 2.10. The molecule has 0 fully saturated rings. The van der Waals surface area contributed by atoms with E-state index in [1.165, 1.54) is 39.4 Å². The van der Waals surface area contributed by atoms with E-state index in [0.29, 0.717) is 0 Å². The number of rotatable bonds is 8. The summed E-state index contributed by atoms with van der Waals surface area (Å²) in [6, 6.07) is 24.5. The number of hydrazone groups is 1. The van der Waals surface area contributed by atoms with Crippen molar-refractivity contribution in [1.82, 2.24) is 15.6 Å². The Kier molecular flexibility index (Phi) is 7.35. The molecule has 3 aromatic carbocycles. The van der Waals surface area contributed by atoms with Gasteiger partial charge in [-0.25, -0.2) is 5.43 Å². The van der Waals surface area contributed by atoms with Gasteiger partial charge in [-0.2, -0.15) is 5.10 Å². The molecule has 1 heterocycles. The Balaban J connectivity index is 1.27. The van der Waals surface area contributed by atoms with Crippen molar-refractivity contribution in [3.05, 3.63) is 83.9 Å². The number of amides is 1. The topological polar surface area (TPSA) is 67.2 Å². The van der Waals surface area contributed by atoms with Gasteiger partial charge in [-0.1, -0.05) is 108 Å². The van der Waals surface area contributed by atoms with Crippen molar-refractivity contribution in [3.8, 4) is 0 Å². The maximum Gasteiger partial charge on any atom is 0.250 e. The smallest absolute Gasteiger partial charge is 0.250 e. The van der Waals surface area contributed by atoms with E-state index in [2.05, 4.69) is 63.2 Å². The van der Waals surface area contributed by atoms with Crippen LogP contribution in [-0.4, -0.2) is 27.6 Å². The number of aromatic nitrogens is 2. The minimum absolute atomic E-state index is 0.166. The zero-order valence-corrected chi connectivity index (χ0v) is 19.3. The lowest BCUT2D eigenvalue weighted by molar-refractivity contribution is -0.118. The molecule has 0 unspecified atom stereocenters. The minimum Gasteiger partial charge on any atom is -0.272 e. The van der Waals surface area contributed by atoms with Gasteiger partial charge in [0, 0.05) is 5.75 Å². The van der Waals surface area contributed by atoms with Gasteiger partial charge in [0.15, 0.2) is 8.68 Å². The van der Waals surface area contributed by atoms with Crippen LogP contribution in [0, 0.1) is 0 Å². The summed E-state index contributed by atoms with van der Waals surface area (Å²) < 4.78 is 1.67. The van der Waals surface area contributed by atoms with Crippen LogP contribution in [0.5, 0.6) is 0 Å². The molecular weight excluding hydrogens is 444 g/mol. The number of nitrogens with zero attached hydrogens (tertiary/aromatic N) is 3. The van der Waals surface area contributed by atoms with Crippen LogP contribution in [0.3, 0.4) is 0 Å². The summed E-state index contributed by atoms with van der Waals surface area (Å²) in [5.41, 5.74) is 5.62. The maximum absolute atomic E-state index is 12.1. The Morgan fingerprint density at radius 2 is 1.65 bits per heavy atom. The molecule has 0 aliphatic rings. The summed E-state index contributed by atoms with van der Waals surface area (Å²) in [5, 5.41) is 15.1. The largest absolute Gasteiger partial charge is 0.272 e. The fourth-order valence-electron chi connectivity index (χ4n) is 2.92. The van der Waals surface area contributed by atoms with Crippen LogP contribution in [0.15, 0.2) is 86.6 Å². The molecule has 1 aromatic heterocycles. The molecule has 1 N–H and O–H groups in total. The average molecular weight is 465 g/mol.